The van der Waals surface area contributed by atoms with Gasteiger partial charge in [0.05, 0.1) is 6.04 Å². The van der Waals surface area contributed by atoms with Crippen molar-refractivity contribution in [3.8, 4) is 0 Å². The third-order valence-corrected chi connectivity index (χ3v) is 4.47. The fraction of sp³-hybridized carbons (Fsp3) is 0.235. The molecule has 0 spiro atoms. The molecule has 0 aliphatic heterocycles. The lowest BCUT2D eigenvalue weighted by atomic mass is 10.1. The molecule has 4 heteroatoms. The Bertz CT molecular complexity index is 627. The number of alkyl halides is 1. The van der Waals surface area contributed by atoms with Crippen LogP contribution in [0.15, 0.2) is 48.5 Å². The summed E-state index contributed by atoms with van der Waals surface area (Å²) in [5.41, 5.74) is 2.86. The second-order valence-electron chi connectivity index (χ2n) is 4.98. The molecule has 1 atom stereocenters. The predicted molar refractivity (Wildman–Crippen MR) is 91.0 cm³/mol. The first-order valence-electron chi connectivity index (χ1n) is 6.70. The first kappa shape index (κ1) is 16.1. The molecule has 2 rings (SSSR count). The van der Waals surface area contributed by atoms with Gasteiger partial charge >= 0.3 is 0 Å². The quantitative estimate of drug-likeness (QED) is 0.692. The van der Waals surface area contributed by atoms with Crippen LogP contribution in [-0.2, 0) is 5.33 Å². The van der Waals surface area contributed by atoms with E-state index >= 15 is 0 Å². The summed E-state index contributed by atoms with van der Waals surface area (Å²) in [4.78, 5) is 14.3. The Morgan fingerprint density at radius 1 is 1.24 bits per heavy atom. The van der Waals surface area contributed by atoms with E-state index in [1.54, 1.807) is 4.90 Å². The van der Waals surface area contributed by atoms with Gasteiger partial charge in [-0.05, 0) is 42.3 Å². The van der Waals surface area contributed by atoms with Crippen LogP contribution < -0.4 is 0 Å². The molecule has 0 aliphatic carbocycles. The molecule has 0 radical (unpaired) electrons. The fourth-order valence-corrected chi connectivity index (χ4v) is 2.68. The van der Waals surface area contributed by atoms with Gasteiger partial charge in [0.15, 0.2) is 0 Å². The van der Waals surface area contributed by atoms with Crippen LogP contribution in [0.3, 0.4) is 0 Å². The van der Waals surface area contributed by atoms with Gasteiger partial charge in [-0.2, -0.15) is 0 Å². The molecule has 0 saturated carbocycles. The monoisotopic (exact) mass is 365 g/mol. The topological polar surface area (TPSA) is 20.3 Å². The van der Waals surface area contributed by atoms with Crippen molar-refractivity contribution in [1.82, 2.24) is 4.90 Å². The Morgan fingerprint density at radius 3 is 2.48 bits per heavy atom. The first-order chi connectivity index (χ1) is 10.0. The molecule has 2 aromatic carbocycles. The zero-order chi connectivity index (χ0) is 15.4. The third kappa shape index (κ3) is 3.86. The normalized spacial score (nSPS) is 12.0. The van der Waals surface area contributed by atoms with Crippen molar-refractivity contribution in [3.63, 3.8) is 0 Å². The van der Waals surface area contributed by atoms with E-state index in [2.05, 4.69) is 15.9 Å². The molecule has 2 nitrogen and oxygen atoms in total. The molecule has 0 N–H and O–H groups in total. The van der Waals surface area contributed by atoms with E-state index in [1.807, 2.05) is 62.5 Å². The van der Waals surface area contributed by atoms with E-state index in [0.29, 0.717) is 10.6 Å². The molecule has 1 amide bonds. The van der Waals surface area contributed by atoms with E-state index < -0.39 is 0 Å². The molecule has 0 aliphatic rings. The van der Waals surface area contributed by atoms with Crippen LogP contribution in [0, 0.1) is 0 Å². The fourth-order valence-electron chi connectivity index (χ4n) is 2.11. The predicted octanol–water partition coefficient (Wildman–Crippen LogP) is 5.07. The minimum atomic E-state index is -0.0351. The van der Waals surface area contributed by atoms with E-state index in [1.165, 1.54) is 0 Å². The van der Waals surface area contributed by atoms with Gasteiger partial charge in [-0.15, -0.1) is 0 Å². The Morgan fingerprint density at radius 2 is 1.90 bits per heavy atom. The summed E-state index contributed by atoms with van der Waals surface area (Å²) in [6.07, 6.45) is 0. The average Bonchev–Trinajstić information content (AvgIpc) is 2.53. The Kier molecular flexibility index (Phi) is 5.43. The molecule has 0 saturated heterocycles. The third-order valence-electron chi connectivity index (χ3n) is 3.59. The van der Waals surface area contributed by atoms with E-state index in [-0.39, 0.29) is 11.9 Å². The molecule has 110 valence electrons. The van der Waals surface area contributed by atoms with Crippen LogP contribution in [-0.4, -0.2) is 17.9 Å². The number of hydrogen-bond donors (Lipinski definition) is 0. The van der Waals surface area contributed by atoms with Crippen LogP contribution in [0.5, 0.6) is 0 Å². The van der Waals surface area contributed by atoms with Gasteiger partial charge in [0.2, 0.25) is 0 Å². The van der Waals surface area contributed by atoms with Crippen molar-refractivity contribution >= 4 is 33.4 Å². The van der Waals surface area contributed by atoms with Gasteiger partial charge in [-0.25, -0.2) is 0 Å². The van der Waals surface area contributed by atoms with E-state index in [4.69, 9.17) is 11.6 Å². The number of halogens is 2. The minimum absolute atomic E-state index is 0.00333. The van der Waals surface area contributed by atoms with Crippen LogP contribution in [0.1, 0.15) is 34.5 Å². The highest BCUT2D eigenvalue weighted by Crippen LogP contribution is 2.23. The summed E-state index contributed by atoms with van der Waals surface area (Å²) in [5.74, 6) is 0.00333. The summed E-state index contributed by atoms with van der Waals surface area (Å²) >= 11 is 9.42. The summed E-state index contributed by atoms with van der Waals surface area (Å²) in [7, 11) is 1.81. The highest BCUT2D eigenvalue weighted by Gasteiger charge is 2.18. The van der Waals surface area contributed by atoms with Gasteiger partial charge < -0.3 is 4.90 Å². The number of hydrogen-bond acceptors (Lipinski definition) is 1. The van der Waals surface area contributed by atoms with Crippen LogP contribution in [0.4, 0.5) is 0 Å². The standard InChI is InChI=1S/C17H17BrClNO/c1-12(15-4-3-5-16(19)10-15)20(2)17(21)14-8-6-13(11-18)7-9-14/h3-10,12H,11H2,1-2H3. The van der Waals surface area contributed by atoms with Gasteiger partial charge in [0.25, 0.3) is 5.91 Å². The SMILES string of the molecule is CC(c1cccc(Cl)c1)N(C)C(=O)c1ccc(CBr)cc1. The van der Waals surface area contributed by atoms with Gasteiger partial charge in [0.1, 0.15) is 0 Å². The van der Waals surface area contributed by atoms with Crippen molar-refractivity contribution in [2.24, 2.45) is 0 Å². The summed E-state index contributed by atoms with van der Waals surface area (Å²) in [6.45, 7) is 2.00. The first-order valence-corrected chi connectivity index (χ1v) is 8.20. The van der Waals surface area contributed by atoms with Crippen molar-refractivity contribution < 1.29 is 4.79 Å². The lowest BCUT2D eigenvalue weighted by Gasteiger charge is -2.25. The maximum absolute atomic E-state index is 12.5. The minimum Gasteiger partial charge on any atom is -0.335 e. The number of nitrogens with zero attached hydrogens (tertiary/aromatic N) is 1. The zero-order valence-corrected chi connectivity index (χ0v) is 14.4. The highest BCUT2D eigenvalue weighted by molar-refractivity contribution is 9.08. The molecule has 2 aromatic rings. The smallest absolute Gasteiger partial charge is 0.254 e. The number of amides is 1. The molecule has 0 bridgehead atoms. The summed E-state index contributed by atoms with van der Waals surface area (Å²) in [5, 5.41) is 1.47. The highest BCUT2D eigenvalue weighted by atomic mass is 79.9. The number of rotatable bonds is 4. The summed E-state index contributed by atoms with van der Waals surface area (Å²) in [6, 6.07) is 15.2. The largest absolute Gasteiger partial charge is 0.335 e. The Labute approximate surface area is 138 Å². The van der Waals surface area contributed by atoms with E-state index in [0.717, 1.165) is 16.5 Å². The second-order valence-corrected chi connectivity index (χ2v) is 5.97. The molecular formula is C17H17BrClNO. The van der Waals surface area contributed by atoms with Crippen LogP contribution in [0.2, 0.25) is 5.02 Å². The molecule has 0 heterocycles. The van der Waals surface area contributed by atoms with Crippen LogP contribution in [0.25, 0.3) is 0 Å². The number of benzene rings is 2. The van der Waals surface area contributed by atoms with Gasteiger partial charge in [-0.1, -0.05) is 51.8 Å². The second kappa shape index (κ2) is 7.10. The van der Waals surface area contributed by atoms with E-state index in [9.17, 15) is 4.79 Å². The van der Waals surface area contributed by atoms with Crippen molar-refractivity contribution in [2.45, 2.75) is 18.3 Å². The van der Waals surface area contributed by atoms with Gasteiger partial charge in [0, 0.05) is 23.0 Å². The van der Waals surface area contributed by atoms with Gasteiger partial charge in [-0.3, -0.25) is 4.79 Å². The maximum Gasteiger partial charge on any atom is 0.254 e. The molecular weight excluding hydrogens is 350 g/mol. The molecule has 0 aromatic heterocycles. The Balaban J connectivity index is 2.17. The Hall–Kier alpha value is -1.32. The average molecular weight is 367 g/mol. The number of carbonyl (C=O) groups excluding carboxylic acids is 1. The molecule has 0 fully saturated rings. The molecule has 1 unspecified atom stereocenters. The van der Waals surface area contributed by atoms with Crippen molar-refractivity contribution in [1.29, 1.82) is 0 Å². The van der Waals surface area contributed by atoms with Crippen LogP contribution >= 0.6 is 27.5 Å². The zero-order valence-electron chi connectivity index (χ0n) is 12.0. The maximum atomic E-state index is 12.5. The summed E-state index contributed by atoms with van der Waals surface area (Å²) < 4.78 is 0. The lowest BCUT2D eigenvalue weighted by Crippen LogP contribution is -2.29. The molecule has 21 heavy (non-hydrogen) atoms. The van der Waals surface area contributed by atoms with Crippen molar-refractivity contribution in [2.75, 3.05) is 7.05 Å². The van der Waals surface area contributed by atoms with Crippen molar-refractivity contribution in [3.05, 3.63) is 70.2 Å². The number of carbonyl (C=O) groups is 1. The lowest BCUT2D eigenvalue weighted by molar-refractivity contribution is 0.0742.